The molecule has 0 radical (unpaired) electrons. The number of benzene rings is 1. The van der Waals surface area contributed by atoms with Crippen molar-refractivity contribution in [2.24, 2.45) is 5.92 Å². The number of nitrogens with zero attached hydrogens (tertiary/aromatic N) is 3. The Balaban J connectivity index is 1.37. The third-order valence-electron chi connectivity index (χ3n) is 7.07. The highest BCUT2D eigenvalue weighted by Crippen LogP contribution is 2.41. The second kappa shape index (κ2) is 9.79. The summed E-state index contributed by atoms with van der Waals surface area (Å²) in [6.45, 7) is 1.87. The average molecular weight is 553 g/mol. The lowest BCUT2D eigenvalue weighted by molar-refractivity contribution is -0.190. The van der Waals surface area contributed by atoms with E-state index in [2.05, 4.69) is 15.2 Å². The Morgan fingerprint density at radius 2 is 1.84 bits per heavy atom. The SMILES string of the molecule is CN(C(=O)C1CCS(=O)(=O)CC1)[C@@H](c1ccc(Nc2cnc3ccsc3c2N2CCC2)cc1)C(F)(F)F. The Kier molecular flexibility index (Phi) is 6.82. The van der Waals surface area contributed by atoms with E-state index < -0.39 is 33.9 Å². The Morgan fingerprint density at radius 1 is 1.16 bits per heavy atom. The molecule has 2 aromatic heterocycles. The highest BCUT2D eigenvalue weighted by Gasteiger charge is 2.46. The van der Waals surface area contributed by atoms with Crippen LogP contribution in [0.4, 0.5) is 30.2 Å². The first kappa shape index (κ1) is 25.8. The van der Waals surface area contributed by atoms with E-state index in [9.17, 15) is 26.4 Å². The topological polar surface area (TPSA) is 82.6 Å². The van der Waals surface area contributed by atoms with E-state index in [1.807, 2.05) is 11.4 Å². The van der Waals surface area contributed by atoms with Crippen molar-refractivity contribution in [3.8, 4) is 0 Å². The number of anilines is 3. The normalized spacial score (nSPS) is 18.9. The number of aromatic nitrogens is 1. The van der Waals surface area contributed by atoms with Gasteiger partial charge >= 0.3 is 6.18 Å². The number of carbonyl (C=O) groups excluding carboxylic acids is 1. The largest absolute Gasteiger partial charge is 0.413 e. The lowest BCUT2D eigenvalue weighted by atomic mass is 9.98. The van der Waals surface area contributed by atoms with Gasteiger partial charge < -0.3 is 15.1 Å². The summed E-state index contributed by atoms with van der Waals surface area (Å²) in [5.74, 6) is -1.78. The molecule has 198 valence electrons. The lowest BCUT2D eigenvalue weighted by Gasteiger charge is -2.35. The number of sulfone groups is 1. The zero-order valence-corrected chi connectivity index (χ0v) is 21.8. The molecule has 37 heavy (non-hydrogen) atoms. The van der Waals surface area contributed by atoms with Crippen LogP contribution in [0, 0.1) is 5.92 Å². The maximum absolute atomic E-state index is 14.1. The van der Waals surface area contributed by atoms with Crippen molar-refractivity contribution >= 4 is 54.4 Å². The Morgan fingerprint density at radius 3 is 2.43 bits per heavy atom. The molecule has 5 rings (SSSR count). The zero-order valence-electron chi connectivity index (χ0n) is 20.2. The molecule has 0 spiro atoms. The summed E-state index contributed by atoms with van der Waals surface area (Å²) in [7, 11) is -2.09. The van der Waals surface area contributed by atoms with Gasteiger partial charge in [0.1, 0.15) is 9.84 Å². The highest BCUT2D eigenvalue weighted by molar-refractivity contribution is 7.91. The number of alkyl halides is 3. The maximum Gasteiger partial charge on any atom is 0.413 e. The average Bonchev–Trinajstić information content (AvgIpc) is 3.28. The molecule has 12 heteroatoms. The van der Waals surface area contributed by atoms with Gasteiger partial charge in [0, 0.05) is 31.7 Å². The third kappa shape index (κ3) is 5.26. The van der Waals surface area contributed by atoms with Gasteiger partial charge in [0.2, 0.25) is 5.91 Å². The van der Waals surface area contributed by atoms with Crippen LogP contribution < -0.4 is 10.2 Å². The molecule has 2 aliphatic rings. The Hall–Kier alpha value is -2.86. The van der Waals surface area contributed by atoms with Crippen molar-refractivity contribution in [1.82, 2.24) is 9.88 Å². The smallest absolute Gasteiger partial charge is 0.368 e. The minimum absolute atomic E-state index is 0.0426. The molecule has 0 bridgehead atoms. The summed E-state index contributed by atoms with van der Waals surface area (Å²) >= 11 is 1.60. The lowest BCUT2D eigenvalue weighted by Crippen LogP contribution is -2.44. The van der Waals surface area contributed by atoms with E-state index in [4.69, 9.17) is 0 Å². The van der Waals surface area contributed by atoms with Crippen molar-refractivity contribution in [3.63, 3.8) is 0 Å². The summed E-state index contributed by atoms with van der Waals surface area (Å²) in [5, 5.41) is 5.29. The van der Waals surface area contributed by atoms with Gasteiger partial charge in [-0.3, -0.25) is 9.78 Å². The van der Waals surface area contributed by atoms with Crippen molar-refractivity contribution < 1.29 is 26.4 Å². The molecule has 2 saturated heterocycles. The maximum atomic E-state index is 14.1. The first-order chi connectivity index (χ1) is 17.5. The molecule has 0 aliphatic carbocycles. The number of nitrogens with one attached hydrogen (secondary N) is 1. The first-order valence-electron chi connectivity index (χ1n) is 12.1. The fourth-order valence-corrected chi connectivity index (χ4v) is 7.35. The van der Waals surface area contributed by atoms with Crippen LogP contribution in [0.3, 0.4) is 0 Å². The number of pyridine rings is 1. The third-order valence-corrected chi connectivity index (χ3v) is 9.70. The fourth-order valence-electron chi connectivity index (χ4n) is 4.93. The summed E-state index contributed by atoms with van der Waals surface area (Å²) < 4.78 is 66.8. The van der Waals surface area contributed by atoms with Crippen molar-refractivity contribution in [1.29, 1.82) is 0 Å². The number of rotatable bonds is 6. The Labute approximate surface area is 217 Å². The van der Waals surface area contributed by atoms with Gasteiger partial charge in [0.25, 0.3) is 0 Å². The number of hydrogen-bond acceptors (Lipinski definition) is 7. The second-order valence-corrected chi connectivity index (χ2v) is 12.8. The van der Waals surface area contributed by atoms with Crippen molar-refractivity contribution in [3.05, 3.63) is 47.5 Å². The van der Waals surface area contributed by atoms with Crippen LogP contribution in [0.1, 0.15) is 30.9 Å². The number of amides is 1. The zero-order chi connectivity index (χ0) is 26.4. The van der Waals surface area contributed by atoms with Crippen molar-refractivity contribution in [2.45, 2.75) is 31.5 Å². The molecule has 2 aliphatic heterocycles. The van der Waals surface area contributed by atoms with E-state index >= 15 is 0 Å². The molecule has 2 fully saturated rings. The molecule has 0 saturated carbocycles. The van der Waals surface area contributed by atoms with Crippen LogP contribution in [0.15, 0.2) is 41.9 Å². The minimum Gasteiger partial charge on any atom is -0.368 e. The van der Waals surface area contributed by atoms with E-state index in [1.54, 1.807) is 29.7 Å². The minimum atomic E-state index is -4.70. The molecule has 1 atom stereocenters. The van der Waals surface area contributed by atoms with Gasteiger partial charge in [0.05, 0.1) is 39.3 Å². The van der Waals surface area contributed by atoms with Gasteiger partial charge in [0.15, 0.2) is 6.04 Å². The van der Waals surface area contributed by atoms with Crippen molar-refractivity contribution in [2.75, 3.05) is 41.9 Å². The van der Waals surface area contributed by atoms with Crippen LogP contribution in [0.5, 0.6) is 0 Å². The number of carbonyl (C=O) groups is 1. The number of halogens is 3. The quantitative estimate of drug-likeness (QED) is 0.456. The molecule has 1 N–H and O–H groups in total. The molecule has 1 amide bonds. The molecule has 1 aromatic carbocycles. The number of thiophene rings is 1. The first-order valence-corrected chi connectivity index (χ1v) is 14.8. The molecule has 0 unspecified atom stereocenters. The van der Waals surface area contributed by atoms with E-state index in [1.165, 1.54) is 12.1 Å². The summed E-state index contributed by atoms with van der Waals surface area (Å²) in [6.07, 6.45) is -1.77. The standard InChI is InChI=1S/C25H27F3N4O3S2/c1-31(24(33)17-8-13-37(34,35)14-9-17)23(25(26,27)28)16-3-5-18(6-4-16)30-20-15-29-19-7-12-36-22(19)21(20)32-10-2-11-32/h3-7,12,15,17,23,30H,2,8-11,13-14H2,1H3/t23-/m0/s1. The van der Waals surface area contributed by atoms with E-state index in [0.29, 0.717) is 10.6 Å². The van der Waals surface area contributed by atoms with Crippen LogP contribution in [-0.4, -0.2) is 62.0 Å². The second-order valence-electron chi connectivity index (χ2n) is 9.56. The van der Waals surface area contributed by atoms with Crippen LogP contribution in [0.2, 0.25) is 0 Å². The molecular formula is C25H27F3N4O3S2. The molecule has 7 nitrogen and oxygen atoms in total. The summed E-state index contributed by atoms with van der Waals surface area (Å²) in [4.78, 5) is 20.4. The molecular weight excluding hydrogens is 525 g/mol. The van der Waals surface area contributed by atoms with Crippen LogP contribution >= 0.6 is 11.3 Å². The predicted octanol–water partition coefficient (Wildman–Crippen LogP) is 5.14. The fraction of sp³-hybridized carbons (Fsp3) is 0.440. The monoisotopic (exact) mass is 552 g/mol. The number of hydrogen-bond donors (Lipinski definition) is 1. The van der Waals surface area contributed by atoms with E-state index in [-0.39, 0.29) is 29.9 Å². The predicted molar refractivity (Wildman–Crippen MR) is 139 cm³/mol. The molecule has 4 heterocycles. The number of fused-ring (bicyclic) bond motifs is 1. The van der Waals surface area contributed by atoms with Gasteiger partial charge in [-0.25, -0.2) is 8.42 Å². The van der Waals surface area contributed by atoms with Gasteiger partial charge in [-0.05, 0) is 48.4 Å². The summed E-state index contributed by atoms with van der Waals surface area (Å²) in [5.41, 5.74) is 3.28. The highest BCUT2D eigenvalue weighted by atomic mass is 32.2. The van der Waals surface area contributed by atoms with E-state index in [0.717, 1.165) is 48.1 Å². The molecule has 3 aromatic rings. The Bertz CT molecular complexity index is 1390. The summed E-state index contributed by atoms with van der Waals surface area (Å²) in [6, 6.07) is 5.71. The van der Waals surface area contributed by atoms with Crippen LogP contribution in [-0.2, 0) is 14.6 Å². The van der Waals surface area contributed by atoms with Crippen LogP contribution in [0.25, 0.3) is 10.2 Å². The van der Waals surface area contributed by atoms with Gasteiger partial charge in [-0.1, -0.05) is 12.1 Å². The van der Waals surface area contributed by atoms with Gasteiger partial charge in [-0.2, -0.15) is 13.2 Å². The van der Waals surface area contributed by atoms with Gasteiger partial charge in [-0.15, -0.1) is 11.3 Å².